The van der Waals surface area contributed by atoms with Crippen LogP contribution in [0, 0.1) is 0 Å². The van der Waals surface area contributed by atoms with Crippen molar-refractivity contribution in [1.82, 2.24) is 4.90 Å². The van der Waals surface area contributed by atoms with Gasteiger partial charge in [-0.3, -0.25) is 9.10 Å². The van der Waals surface area contributed by atoms with Gasteiger partial charge in [-0.05, 0) is 25.1 Å². The summed E-state index contributed by atoms with van der Waals surface area (Å²) in [5, 5.41) is 0. The lowest BCUT2D eigenvalue weighted by Crippen LogP contribution is -2.42. The highest BCUT2D eigenvalue weighted by Crippen LogP contribution is 2.35. The lowest BCUT2D eigenvalue weighted by molar-refractivity contribution is -0.128. The van der Waals surface area contributed by atoms with E-state index >= 15 is 0 Å². The van der Waals surface area contributed by atoms with Gasteiger partial charge in [-0.1, -0.05) is 18.2 Å². The monoisotopic (exact) mass is 434 g/mol. The molecule has 3 rings (SSSR count). The van der Waals surface area contributed by atoms with Crippen molar-refractivity contribution in [3.8, 4) is 17.2 Å². The third-order valence-electron chi connectivity index (χ3n) is 4.82. The molecule has 0 saturated heterocycles. The van der Waals surface area contributed by atoms with Gasteiger partial charge in [0.05, 0.1) is 18.6 Å². The van der Waals surface area contributed by atoms with Crippen LogP contribution in [0.25, 0.3) is 0 Å². The highest BCUT2D eigenvalue weighted by Gasteiger charge is 2.27. The highest BCUT2D eigenvalue weighted by molar-refractivity contribution is 7.92. The first-order valence-electron chi connectivity index (χ1n) is 9.61. The minimum Gasteiger partial charge on any atom is -0.496 e. The molecule has 30 heavy (non-hydrogen) atoms. The van der Waals surface area contributed by atoms with Crippen LogP contribution in [0.4, 0.5) is 5.69 Å². The zero-order valence-corrected chi connectivity index (χ0v) is 18.1. The van der Waals surface area contributed by atoms with Crippen molar-refractivity contribution < 1.29 is 27.4 Å². The second kappa shape index (κ2) is 9.25. The van der Waals surface area contributed by atoms with E-state index < -0.39 is 10.0 Å². The second-order valence-corrected chi connectivity index (χ2v) is 8.98. The molecule has 2 aromatic rings. The summed E-state index contributed by atoms with van der Waals surface area (Å²) < 4.78 is 43.0. The van der Waals surface area contributed by atoms with Gasteiger partial charge < -0.3 is 19.1 Å². The van der Waals surface area contributed by atoms with Crippen LogP contribution in [0.3, 0.4) is 0 Å². The van der Waals surface area contributed by atoms with E-state index in [-0.39, 0.29) is 18.2 Å². The van der Waals surface area contributed by atoms with Gasteiger partial charge in [0.25, 0.3) is 0 Å². The number of para-hydroxylation sites is 1. The average Bonchev–Trinajstić information content (AvgIpc) is 2.77. The number of carbonyl (C=O) groups excluding carboxylic acids is 1. The van der Waals surface area contributed by atoms with Crippen LogP contribution in [0.1, 0.15) is 12.5 Å². The number of nitrogens with zero attached hydrogens (tertiary/aromatic N) is 2. The Morgan fingerprint density at radius 2 is 1.80 bits per heavy atom. The molecule has 0 unspecified atom stereocenters. The second-order valence-electron chi connectivity index (χ2n) is 6.80. The molecular formula is C21H26N2O6S. The number of likely N-dealkylation sites (N-methyl/N-ethyl adjacent to an activating group) is 1. The summed E-state index contributed by atoms with van der Waals surface area (Å²) in [7, 11) is -0.488. The first-order chi connectivity index (χ1) is 14.4. The molecule has 1 aliphatic heterocycles. The predicted octanol–water partition coefficient (Wildman–Crippen LogP) is 2.28. The van der Waals surface area contributed by atoms with Gasteiger partial charge in [0, 0.05) is 25.2 Å². The Bertz CT molecular complexity index is 1010. The molecule has 1 heterocycles. The van der Waals surface area contributed by atoms with Crippen LogP contribution in [0.5, 0.6) is 17.2 Å². The van der Waals surface area contributed by atoms with Crippen molar-refractivity contribution in [2.45, 2.75) is 13.5 Å². The number of carbonyl (C=O) groups is 1. The molecular weight excluding hydrogens is 408 g/mol. The van der Waals surface area contributed by atoms with E-state index in [2.05, 4.69) is 0 Å². The van der Waals surface area contributed by atoms with Crippen molar-refractivity contribution in [2.24, 2.45) is 0 Å². The van der Waals surface area contributed by atoms with Gasteiger partial charge in [0.15, 0.2) is 11.5 Å². The molecule has 0 spiro atoms. The summed E-state index contributed by atoms with van der Waals surface area (Å²) in [6.07, 6.45) is 0. The minimum absolute atomic E-state index is 0.134. The average molecular weight is 435 g/mol. The number of fused-ring (bicyclic) bond motifs is 1. The van der Waals surface area contributed by atoms with E-state index in [4.69, 9.17) is 14.2 Å². The fourth-order valence-corrected chi connectivity index (χ4v) is 4.17. The van der Waals surface area contributed by atoms with Crippen LogP contribution in [0.2, 0.25) is 0 Å². The fraction of sp³-hybridized carbons (Fsp3) is 0.381. The van der Waals surface area contributed by atoms with Crippen molar-refractivity contribution in [3.63, 3.8) is 0 Å². The Kier molecular flexibility index (Phi) is 6.71. The number of ether oxygens (including phenoxy) is 3. The number of amides is 1. The van der Waals surface area contributed by atoms with Crippen LogP contribution in [-0.4, -0.2) is 58.9 Å². The number of methoxy groups -OCH3 is 1. The molecule has 0 aliphatic carbocycles. The van der Waals surface area contributed by atoms with Gasteiger partial charge in [-0.25, -0.2) is 8.42 Å². The topological polar surface area (TPSA) is 85.4 Å². The minimum atomic E-state index is -3.69. The fourth-order valence-electron chi connectivity index (χ4n) is 3.11. The molecule has 0 fully saturated rings. The maximum Gasteiger partial charge on any atom is 0.243 e. The summed E-state index contributed by atoms with van der Waals surface area (Å²) in [6.45, 7) is 2.35. The van der Waals surface area contributed by atoms with Gasteiger partial charge >= 0.3 is 0 Å². The molecule has 162 valence electrons. The Balaban J connectivity index is 1.82. The van der Waals surface area contributed by atoms with Crippen LogP contribution < -0.4 is 18.5 Å². The van der Waals surface area contributed by atoms with E-state index in [9.17, 15) is 13.2 Å². The first kappa shape index (κ1) is 21.8. The normalized spacial score (nSPS) is 12.9. The number of benzene rings is 2. The molecule has 0 radical (unpaired) electrons. The smallest absolute Gasteiger partial charge is 0.243 e. The number of sulfonamides is 1. The number of hydrogen-bond donors (Lipinski definition) is 0. The number of rotatable bonds is 8. The molecule has 0 saturated carbocycles. The Labute approximate surface area is 177 Å². The standard InChI is InChI=1S/C21H26N2O6S/c1-4-30(25,26)23(17-9-10-19-20(13-17)29-12-11-28-19)15-21(24)22(2)14-16-7-5-6-8-18(16)27-3/h5-10,13H,4,11-12,14-15H2,1-3H3. The molecule has 0 N–H and O–H groups in total. The summed E-state index contributed by atoms with van der Waals surface area (Å²) in [5.74, 6) is 1.21. The summed E-state index contributed by atoms with van der Waals surface area (Å²) in [5.41, 5.74) is 1.19. The quantitative estimate of drug-likeness (QED) is 0.634. The molecule has 0 atom stereocenters. The molecule has 0 aromatic heterocycles. The molecule has 1 aliphatic rings. The Morgan fingerprint density at radius 3 is 2.50 bits per heavy atom. The summed E-state index contributed by atoms with van der Waals surface area (Å²) in [4.78, 5) is 14.4. The van der Waals surface area contributed by atoms with Crippen molar-refractivity contribution >= 4 is 21.6 Å². The zero-order valence-electron chi connectivity index (χ0n) is 17.3. The third kappa shape index (κ3) is 4.79. The largest absolute Gasteiger partial charge is 0.496 e. The van der Waals surface area contributed by atoms with Crippen molar-refractivity contribution in [3.05, 3.63) is 48.0 Å². The van der Waals surface area contributed by atoms with Crippen LogP contribution >= 0.6 is 0 Å². The van der Waals surface area contributed by atoms with E-state index in [1.807, 2.05) is 24.3 Å². The first-order valence-corrected chi connectivity index (χ1v) is 11.2. The highest BCUT2D eigenvalue weighted by atomic mass is 32.2. The number of hydrogen-bond acceptors (Lipinski definition) is 6. The lowest BCUT2D eigenvalue weighted by Gasteiger charge is -2.27. The summed E-state index contributed by atoms with van der Waals surface area (Å²) >= 11 is 0. The Hall–Kier alpha value is -2.94. The molecule has 1 amide bonds. The molecule has 9 heteroatoms. The Morgan fingerprint density at radius 1 is 1.10 bits per heavy atom. The van der Waals surface area contributed by atoms with Gasteiger partial charge in [0.2, 0.25) is 15.9 Å². The maximum absolute atomic E-state index is 12.9. The lowest BCUT2D eigenvalue weighted by atomic mass is 10.2. The van der Waals surface area contributed by atoms with Crippen LogP contribution in [0.15, 0.2) is 42.5 Å². The van der Waals surface area contributed by atoms with E-state index in [0.717, 1.165) is 9.87 Å². The van der Waals surface area contributed by atoms with E-state index in [1.165, 1.54) is 4.90 Å². The van der Waals surface area contributed by atoms with E-state index in [0.29, 0.717) is 42.7 Å². The molecule has 2 aromatic carbocycles. The molecule has 8 nitrogen and oxygen atoms in total. The van der Waals surface area contributed by atoms with Crippen LogP contribution in [-0.2, 0) is 21.4 Å². The van der Waals surface area contributed by atoms with Crippen molar-refractivity contribution in [2.75, 3.05) is 44.0 Å². The SMILES string of the molecule is CCS(=O)(=O)N(CC(=O)N(C)Cc1ccccc1OC)c1ccc2c(c1)OCCO2. The zero-order chi connectivity index (χ0) is 21.7. The third-order valence-corrected chi connectivity index (χ3v) is 6.56. The maximum atomic E-state index is 12.9. The van der Waals surface area contributed by atoms with Gasteiger partial charge in [0.1, 0.15) is 25.5 Å². The van der Waals surface area contributed by atoms with Crippen molar-refractivity contribution in [1.29, 1.82) is 0 Å². The van der Waals surface area contributed by atoms with Gasteiger partial charge in [-0.2, -0.15) is 0 Å². The number of anilines is 1. The summed E-state index contributed by atoms with van der Waals surface area (Å²) in [6, 6.07) is 12.3. The van der Waals surface area contributed by atoms with Gasteiger partial charge in [-0.15, -0.1) is 0 Å². The predicted molar refractivity (Wildman–Crippen MR) is 114 cm³/mol. The molecule has 0 bridgehead atoms. The van der Waals surface area contributed by atoms with E-state index in [1.54, 1.807) is 39.3 Å².